The Labute approximate surface area is 55.6 Å². The highest BCUT2D eigenvalue weighted by Crippen LogP contribution is 1.91. The van der Waals surface area contributed by atoms with Crippen LogP contribution in [0.25, 0.3) is 0 Å². The second kappa shape index (κ2) is 3.63. The zero-order chi connectivity index (χ0) is 5.86. The van der Waals surface area contributed by atoms with Crippen LogP contribution in [0.5, 0.6) is 0 Å². The molecule has 0 aromatic rings. The zero-order valence-corrected chi connectivity index (χ0v) is 8.11. The standard InChI is InChI=1S/C4H12BrNSi/c1-4(2)6(3)7-5/h4H,7H2,1-3H3. The molecule has 0 rings (SSSR count). The molecule has 0 spiro atoms. The van der Waals surface area contributed by atoms with Gasteiger partial charge in [0.15, 0.2) is 8.30 Å². The summed E-state index contributed by atoms with van der Waals surface area (Å²) in [6.45, 7) is 4.41. The number of nitrogens with zero attached hydrogens (tertiary/aromatic N) is 1. The minimum Gasteiger partial charge on any atom is -0.320 e. The Morgan fingerprint density at radius 1 is 1.57 bits per heavy atom. The Bertz CT molecular complexity index is 49.0. The molecule has 0 amide bonds. The second-order valence-corrected chi connectivity index (χ2v) is 4.71. The van der Waals surface area contributed by atoms with Gasteiger partial charge in [-0.25, -0.2) is 0 Å². The van der Waals surface area contributed by atoms with Gasteiger partial charge in [-0.05, 0) is 13.1 Å². The summed E-state index contributed by atoms with van der Waals surface area (Å²) < 4.78 is 2.35. The van der Waals surface area contributed by atoms with Gasteiger partial charge in [-0.2, -0.15) is 0 Å². The van der Waals surface area contributed by atoms with E-state index in [1.165, 1.54) is 0 Å². The second-order valence-electron chi connectivity index (χ2n) is 1.97. The summed E-state index contributed by atoms with van der Waals surface area (Å²) in [5.41, 5.74) is 0. The van der Waals surface area contributed by atoms with E-state index in [0.717, 1.165) is 0 Å². The van der Waals surface area contributed by atoms with Crippen molar-refractivity contribution in [3.8, 4) is 0 Å². The van der Waals surface area contributed by atoms with Crippen molar-refractivity contribution in [3.63, 3.8) is 0 Å². The maximum atomic E-state index is 3.48. The third-order valence-corrected chi connectivity index (χ3v) is 4.55. The van der Waals surface area contributed by atoms with E-state index in [4.69, 9.17) is 0 Å². The molecule has 0 N–H and O–H groups in total. The monoisotopic (exact) mass is 181 g/mol. The Morgan fingerprint density at radius 2 is 2.00 bits per heavy atom. The average Bonchev–Trinajstić information content (AvgIpc) is 1.65. The first-order valence-corrected chi connectivity index (χ1v) is 6.97. The lowest BCUT2D eigenvalue weighted by atomic mass is 10.4. The fourth-order valence-corrected chi connectivity index (χ4v) is 2.15. The quantitative estimate of drug-likeness (QED) is 0.449. The van der Waals surface area contributed by atoms with Gasteiger partial charge in [0.05, 0.1) is 0 Å². The largest absolute Gasteiger partial charge is 0.320 e. The van der Waals surface area contributed by atoms with Crippen LogP contribution in [0, 0.1) is 0 Å². The molecule has 0 fully saturated rings. The van der Waals surface area contributed by atoms with Crippen molar-refractivity contribution < 1.29 is 0 Å². The summed E-state index contributed by atoms with van der Waals surface area (Å²) in [7, 11) is 2.08. The Balaban J connectivity index is 3.14. The molecular weight excluding hydrogens is 170 g/mol. The molecule has 0 aromatic heterocycles. The van der Waals surface area contributed by atoms with Crippen LogP contribution >= 0.6 is 15.3 Å². The van der Waals surface area contributed by atoms with E-state index in [1.54, 1.807) is 0 Å². The molecule has 0 aromatic carbocycles. The first-order valence-electron chi connectivity index (χ1n) is 2.44. The van der Waals surface area contributed by atoms with Crippen molar-refractivity contribution in [2.45, 2.75) is 19.9 Å². The molecule has 7 heavy (non-hydrogen) atoms. The summed E-state index contributed by atoms with van der Waals surface area (Å²) >= 11 is 3.48. The molecule has 0 aliphatic carbocycles. The SMILES string of the molecule is CC(C)N(C)[SiH2]Br. The molecule has 0 aliphatic rings. The van der Waals surface area contributed by atoms with Crippen LogP contribution < -0.4 is 0 Å². The highest BCUT2D eigenvalue weighted by molar-refractivity contribution is 9.23. The Morgan fingerprint density at radius 3 is 2.00 bits per heavy atom. The van der Waals surface area contributed by atoms with Crippen LogP contribution in [0.1, 0.15) is 13.8 Å². The van der Waals surface area contributed by atoms with Gasteiger partial charge in [-0.1, -0.05) is 13.8 Å². The summed E-state index contributed by atoms with van der Waals surface area (Å²) in [4.78, 5) is 0. The average molecular weight is 182 g/mol. The first-order chi connectivity index (χ1) is 3.18. The molecule has 44 valence electrons. The van der Waals surface area contributed by atoms with E-state index in [1.807, 2.05) is 0 Å². The molecule has 0 heterocycles. The van der Waals surface area contributed by atoms with Crippen LogP contribution in [-0.4, -0.2) is 26.0 Å². The summed E-state index contributed by atoms with van der Waals surface area (Å²) in [5, 5.41) is 0. The van der Waals surface area contributed by atoms with Crippen molar-refractivity contribution in [1.29, 1.82) is 0 Å². The number of hydrogen-bond donors (Lipinski definition) is 0. The van der Waals surface area contributed by atoms with Crippen molar-refractivity contribution in [2.24, 2.45) is 0 Å². The van der Waals surface area contributed by atoms with Crippen LogP contribution in [0.2, 0.25) is 0 Å². The molecule has 0 aliphatic heterocycles. The van der Waals surface area contributed by atoms with Crippen molar-refractivity contribution in [2.75, 3.05) is 7.05 Å². The van der Waals surface area contributed by atoms with E-state index in [-0.39, 0.29) is 8.30 Å². The highest BCUT2D eigenvalue weighted by atomic mass is 79.9. The smallest absolute Gasteiger partial charge is 0.170 e. The summed E-state index contributed by atoms with van der Waals surface area (Å²) in [6.07, 6.45) is 0. The maximum Gasteiger partial charge on any atom is 0.170 e. The van der Waals surface area contributed by atoms with Crippen LogP contribution in [0.4, 0.5) is 0 Å². The van der Waals surface area contributed by atoms with Crippen molar-refractivity contribution in [1.82, 2.24) is 4.57 Å². The Hall–Kier alpha value is 0.657. The minimum atomic E-state index is -0.0633. The Kier molecular flexibility index (Phi) is 3.97. The third kappa shape index (κ3) is 3.26. The first kappa shape index (κ1) is 7.66. The molecule has 0 atom stereocenters. The van der Waals surface area contributed by atoms with E-state index in [9.17, 15) is 0 Å². The number of rotatable bonds is 2. The van der Waals surface area contributed by atoms with Gasteiger partial charge in [-0.15, -0.1) is 15.3 Å². The molecule has 0 bridgehead atoms. The van der Waals surface area contributed by atoms with Crippen LogP contribution in [0.3, 0.4) is 0 Å². The lowest BCUT2D eigenvalue weighted by Crippen LogP contribution is -2.26. The van der Waals surface area contributed by atoms with Gasteiger partial charge in [0.1, 0.15) is 0 Å². The maximum absolute atomic E-state index is 3.48. The molecule has 0 radical (unpaired) electrons. The number of halogens is 1. The van der Waals surface area contributed by atoms with E-state index >= 15 is 0 Å². The lowest BCUT2D eigenvalue weighted by molar-refractivity contribution is 0.449. The minimum absolute atomic E-state index is 0.0633. The molecule has 0 saturated heterocycles. The molecule has 1 nitrogen and oxygen atoms in total. The van der Waals surface area contributed by atoms with Gasteiger partial charge in [0.25, 0.3) is 0 Å². The lowest BCUT2D eigenvalue weighted by Gasteiger charge is -2.16. The summed E-state index contributed by atoms with van der Waals surface area (Å²) in [6, 6.07) is 0.714. The van der Waals surface area contributed by atoms with Gasteiger partial charge < -0.3 is 4.57 Å². The van der Waals surface area contributed by atoms with Gasteiger partial charge >= 0.3 is 0 Å². The fraction of sp³-hybridized carbons (Fsp3) is 1.00. The van der Waals surface area contributed by atoms with Gasteiger partial charge in [0.2, 0.25) is 0 Å². The molecular formula is C4H12BrNSi. The van der Waals surface area contributed by atoms with Crippen LogP contribution in [-0.2, 0) is 0 Å². The van der Waals surface area contributed by atoms with Crippen LogP contribution in [0.15, 0.2) is 0 Å². The number of hydrogen-bond acceptors (Lipinski definition) is 1. The van der Waals surface area contributed by atoms with Gasteiger partial charge in [0, 0.05) is 0 Å². The predicted octanol–water partition coefficient (Wildman–Crippen LogP) is 0.720. The van der Waals surface area contributed by atoms with Gasteiger partial charge in [-0.3, -0.25) is 0 Å². The molecule has 3 heteroatoms. The van der Waals surface area contributed by atoms with E-state index < -0.39 is 0 Å². The zero-order valence-electron chi connectivity index (χ0n) is 5.11. The third-order valence-electron chi connectivity index (χ3n) is 1.07. The van der Waals surface area contributed by atoms with Crippen molar-refractivity contribution in [3.05, 3.63) is 0 Å². The van der Waals surface area contributed by atoms with Crippen molar-refractivity contribution >= 4 is 23.6 Å². The fourth-order valence-electron chi connectivity index (χ4n) is 0.138. The topological polar surface area (TPSA) is 3.24 Å². The molecule has 0 unspecified atom stereocenters. The highest BCUT2D eigenvalue weighted by Gasteiger charge is 1.97. The summed E-state index contributed by atoms with van der Waals surface area (Å²) in [5.74, 6) is 0. The molecule has 0 saturated carbocycles. The van der Waals surface area contributed by atoms with E-state index in [0.29, 0.717) is 6.04 Å². The van der Waals surface area contributed by atoms with E-state index in [2.05, 4.69) is 40.8 Å². The predicted molar refractivity (Wildman–Crippen MR) is 40.4 cm³/mol. The normalized spacial score (nSPS) is 12.9.